The number of nitrogens with one attached hydrogen (secondary N) is 1. The molecule has 1 aromatic heterocycles. The zero-order valence-electron chi connectivity index (χ0n) is 11.3. The minimum atomic E-state index is -0.556. The van der Waals surface area contributed by atoms with Crippen LogP contribution in [0.1, 0.15) is 19.6 Å². The van der Waals surface area contributed by atoms with E-state index in [1.54, 1.807) is 6.07 Å². The van der Waals surface area contributed by atoms with Gasteiger partial charge < -0.3 is 14.5 Å². The zero-order chi connectivity index (χ0) is 14.5. The van der Waals surface area contributed by atoms with Crippen LogP contribution in [0.4, 0.5) is 11.6 Å². The number of benzene rings is 1. The lowest BCUT2D eigenvalue weighted by Crippen LogP contribution is -2.08. The van der Waals surface area contributed by atoms with Crippen LogP contribution in [-0.2, 0) is 6.54 Å². The van der Waals surface area contributed by atoms with Gasteiger partial charge in [0.2, 0.25) is 0 Å². The van der Waals surface area contributed by atoms with Gasteiger partial charge in [-0.2, -0.15) is 0 Å². The summed E-state index contributed by atoms with van der Waals surface area (Å²) >= 11 is 0. The van der Waals surface area contributed by atoms with Gasteiger partial charge in [-0.05, 0) is 32.0 Å². The fourth-order valence-corrected chi connectivity index (χ4v) is 1.71. The number of ether oxygens (including phenoxy) is 1. The molecule has 0 aliphatic carbocycles. The average Bonchev–Trinajstić information content (AvgIpc) is 2.86. The monoisotopic (exact) mass is 276 g/mol. The summed E-state index contributed by atoms with van der Waals surface area (Å²) in [5.74, 6) is 0.980. The second-order valence-electron chi connectivity index (χ2n) is 4.51. The maximum Gasteiger partial charge on any atom is 0.433 e. The highest BCUT2D eigenvalue weighted by atomic mass is 16.6. The molecule has 0 fully saturated rings. The third-order valence-corrected chi connectivity index (χ3v) is 2.53. The van der Waals surface area contributed by atoms with Crippen LogP contribution >= 0.6 is 0 Å². The molecule has 1 aromatic carbocycles. The lowest BCUT2D eigenvalue weighted by molar-refractivity contribution is -0.402. The predicted octanol–water partition coefficient (Wildman–Crippen LogP) is 3.59. The Morgan fingerprint density at radius 3 is 2.70 bits per heavy atom. The highest BCUT2D eigenvalue weighted by Crippen LogP contribution is 2.26. The summed E-state index contributed by atoms with van der Waals surface area (Å²) in [6, 6.07) is 10.5. The van der Waals surface area contributed by atoms with Crippen molar-refractivity contribution in [2.75, 3.05) is 5.32 Å². The van der Waals surface area contributed by atoms with Gasteiger partial charge in [-0.15, -0.1) is 0 Å². The molecular weight excluding hydrogens is 260 g/mol. The maximum atomic E-state index is 10.5. The highest BCUT2D eigenvalue weighted by molar-refractivity contribution is 5.56. The van der Waals surface area contributed by atoms with Crippen molar-refractivity contribution < 1.29 is 14.1 Å². The Bertz CT molecular complexity index is 592. The molecule has 0 saturated carbocycles. The summed E-state index contributed by atoms with van der Waals surface area (Å²) < 4.78 is 10.8. The molecule has 0 saturated heterocycles. The summed E-state index contributed by atoms with van der Waals surface area (Å²) in [4.78, 5) is 9.98. The first-order valence-corrected chi connectivity index (χ1v) is 6.29. The predicted molar refractivity (Wildman–Crippen MR) is 74.9 cm³/mol. The standard InChI is InChI=1S/C14H16N2O4/c1-10(2)19-13-6-4-3-5-12(13)15-9-11-7-8-14(20-11)16(17)18/h3-8,10,15H,9H2,1-2H3. The van der Waals surface area contributed by atoms with Crippen molar-refractivity contribution in [2.24, 2.45) is 0 Å². The molecule has 0 aliphatic heterocycles. The quantitative estimate of drug-likeness (QED) is 0.644. The Balaban J connectivity index is 2.04. The van der Waals surface area contributed by atoms with E-state index in [1.165, 1.54) is 6.07 Å². The molecule has 20 heavy (non-hydrogen) atoms. The molecule has 0 unspecified atom stereocenters. The van der Waals surface area contributed by atoms with E-state index >= 15 is 0 Å². The molecule has 0 radical (unpaired) electrons. The molecule has 1 heterocycles. The van der Waals surface area contributed by atoms with Crippen molar-refractivity contribution in [3.63, 3.8) is 0 Å². The van der Waals surface area contributed by atoms with Crippen molar-refractivity contribution in [2.45, 2.75) is 26.5 Å². The Kier molecular flexibility index (Phi) is 4.24. The summed E-state index contributed by atoms with van der Waals surface area (Å²) in [6.45, 7) is 4.26. The van der Waals surface area contributed by atoms with Crippen LogP contribution in [0.3, 0.4) is 0 Å². The molecule has 2 rings (SSSR count). The van der Waals surface area contributed by atoms with Crippen LogP contribution in [0.2, 0.25) is 0 Å². The van der Waals surface area contributed by atoms with Gasteiger partial charge in [0.15, 0.2) is 0 Å². The van der Waals surface area contributed by atoms with E-state index in [0.717, 1.165) is 11.4 Å². The van der Waals surface area contributed by atoms with Crippen molar-refractivity contribution in [1.29, 1.82) is 0 Å². The fourth-order valence-electron chi connectivity index (χ4n) is 1.71. The number of rotatable bonds is 6. The topological polar surface area (TPSA) is 77.5 Å². The van der Waals surface area contributed by atoms with E-state index in [1.807, 2.05) is 38.1 Å². The van der Waals surface area contributed by atoms with Crippen molar-refractivity contribution >= 4 is 11.6 Å². The third kappa shape index (κ3) is 3.50. The van der Waals surface area contributed by atoms with Crippen LogP contribution < -0.4 is 10.1 Å². The summed E-state index contributed by atoms with van der Waals surface area (Å²) in [6.07, 6.45) is 0.0719. The maximum absolute atomic E-state index is 10.5. The van der Waals surface area contributed by atoms with Crippen LogP contribution in [0.25, 0.3) is 0 Å². The molecule has 0 spiro atoms. The minimum absolute atomic E-state index is 0.0719. The van der Waals surface area contributed by atoms with Crippen molar-refractivity contribution in [1.82, 2.24) is 0 Å². The van der Waals surface area contributed by atoms with Gasteiger partial charge in [-0.1, -0.05) is 12.1 Å². The van der Waals surface area contributed by atoms with Gasteiger partial charge in [0.25, 0.3) is 0 Å². The molecule has 1 N–H and O–H groups in total. The zero-order valence-corrected chi connectivity index (χ0v) is 11.3. The first-order valence-electron chi connectivity index (χ1n) is 6.29. The number of nitro groups is 1. The lowest BCUT2D eigenvalue weighted by Gasteiger charge is -2.14. The third-order valence-electron chi connectivity index (χ3n) is 2.53. The number of hydrogen-bond donors (Lipinski definition) is 1. The van der Waals surface area contributed by atoms with Crippen LogP contribution in [-0.4, -0.2) is 11.0 Å². The molecule has 0 bridgehead atoms. The van der Waals surface area contributed by atoms with Gasteiger partial charge in [-0.3, -0.25) is 10.1 Å². The number of furan rings is 1. The second-order valence-corrected chi connectivity index (χ2v) is 4.51. The van der Waals surface area contributed by atoms with Gasteiger partial charge in [0, 0.05) is 0 Å². The number of para-hydroxylation sites is 2. The summed E-state index contributed by atoms with van der Waals surface area (Å²) in [5.41, 5.74) is 0.820. The van der Waals surface area contributed by atoms with Gasteiger partial charge in [0.05, 0.1) is 24.4 Å². The molecule has 2 aromatic rings. The Morgan fingerprint density at radius 2 is 2.05 bits per heavy atom. The molecule has 6 heteroatoms. The number of hydrogen-bond acceptors (Lipinski definition) is 5. The lowest BCUT2D eigenvalue weighted by atomic mass is 10.3. The van der Waals surface area contributed by atoms with Gasteiger partial charge in [-0.25, -0.2) is 0 Å². The summed E-state index contributed by atoms with van der Waals surface area (Å²) in [5, 5.41) is 13.7. The molecule has 0 amide bonds. The molecule has 0 atom stereocenters. The largest absolute Gasteiger partial charge is 0.489 e. The number of nitrogens with zero attached hydrogens (tertiary/aromatic N) is 1. The van der Waals surface area contributed by atoms with E-state index in [9.17, 15) is 10.1 Å². The number of anilines is 1. The van der Waals surface area contributed by atoms with Crippen LogP contribution in [0, 0.1) is 10.1 Å². The molecular formula is C14H16N2O4. The SMILES string of the molecule is CC(C)Oc1ccccc1NCc1ccc([N+](=O)[O-])o1. The first-order chi connectivity index (χ1) is 9.56. The minimum Gasteiger partial charge on any atom is -0.489 e. The van der Waals surface area contributed by atoms with Gasteiger partial charge in [0.1, 0.15) is 16.4 Å². The van der Waals surface area contributed by atoms with E-state index in [4.69, 9.17) is 9.15 Å². The normalized spacial score (nSPS) is 10.6. The molecule has 106 valence electrons. The van der Waals surface area contributed by atoms with E-state index in [2.05, 4.69) is 5.32 Å². The second kappa shape index (κ2) is 6.10. The van der Waals surface area contributed by atoms with Crippen molar-refractivity contribution in [3.8, 4) is 5.75 Å². The highest BCUT2D eigenvalue weighted by Gasteiger charge is 2.12. The smallest absolute Gasteiger partial charge is 0.433 e. The Morgan fingerprint density at radius 1 is 1.30 bits per heavy atom. The molecule has 6 nitrogen and oxygen atoms in total. The van der Waals surface area contributed by atoms with E-state index in [0.29, 0.717) is 12.3 Å². The summed E-state index contributed by atoms with van der Waals surface area (Å²) in [7, 11) is 0. The molecule has 0 aliphatic rings. The van der Waals surface area contributed by atoms with Crippen molar-refractivity contribution in [3.05, 3.63) is 52.3 Å². The van der Waals surface area contributed by atoms with Crippen LogP contribution in [0.5, 0.6) is 5.75 Å². The van der Waals surface area contributed by atoms with Crippen LogP contribution in [0.15, 0.2) is 40.8 Å². The van der Waals surface area contributed by atoms with E-state index < -0.39 is 4.92 Å². The Labute approximate surface area is 116 Å². The fraction of sp³-hybridized carbons (Fsp3) is 0.286. The average molecular weight is 276 g/mol. The first kappa shape index (κ1) is 13.9. The van der Waals surface area contributed by atoms with E-state index in [-0.39, 0.29) is 12.0 Å². The van der Waals surface area contributed by atoms with Gasteiger partial charge >= 0.3 is 5.88 Å². The Hall–Kier alpha value is -2.50.